The first-order chi connectivity index (χ1) is 3.97. The Balaban J connectivity index is 2.54. The van der Waals surface area contributed by atoms with Crippen LogP contribution in [0.1, 0.15) is 5.69 Å². The van der Waals surface area contributed by atoms with Gasteiger partial charge in [0.25, 0.3) is 5.88 Å². The molecule has 0 amide bonds. The molecule has 8 heavy (non-hydrogen) atoms. The quantitative estimate of drug-likeness (QED) is 0.487. The van der Waals surface area contributed by atoms with Gasteiger partial charge in [-0.1, -0.05) is 0 Å². The number of imidazole rings is 1. The lowest BCUT2D eigenvalue weighted by Gasteiger charge is -1.86. The Morgan fingerprint density at radius 3 is 3.62 bits per heavy atom. The summed E-state index contributed by atoms with van der Waals surface area (Å²) in [6, 6.07) is 0. The maximum Gasteiger partial charge on any atom is 0.260 e. The number of nitrogens with zero attached hydrogens (tertiary/aromatic N) is 1. The Morgan fingerprint density at radius 1 is 1.75 bits per heavy atom. The normalized spacial score (nSPS) is 15.5. The zero-order chi connectivity index (χ0) is 5.40. The molecule has 1 aromatic rings. The van der Waals surface area contributed by atoms with Gasteiger partial charge in [-0.3, -0.25) is 0 Å². The van der Waals surface area contributed by atoms with Gasteiger partial charge in [-0.05, 0) is 0 Å². The van der Waals surface area contributed by atoms with Crippen LogP contribution in [0.25, 0.3) is 0 Å². The molecule has 0 aromatic carbocycles. The molecule has 0 radical (unpaired) electrons. The molecule has 2 rings (SSSR count). The molecule has 0 aliphatic carbocycles. The standard InChI is InChI=1S/C4H5N3O/c1-3-4(8-7-1)6-2-5-3/h2,7H,1H2,(H,5,6). The molecule has 0 saturated carbocycles. The topological polar surface area (TPSA) is 49.9 Å². The van der Waals surface area contributed by atoms with Crippen molar-refractivity contribution >= 4 is 0 Å². The van der Waals surface area contributed by atoms with E-state index in [1.807, 2.05) is 0 Å². The van der Waals surface area contributed by atoms with Gasteiger partial charge in [0.1, 0.15) is 0 Å². The lowest BCUT2D eigenvalue weighted by atomic mass is 10.5. The molecule has 0 bridgehead atoms. The number of hydroxylamine groups is 1. The van der Waals surface area contributed by atoms with Crippen LogP contribution in [0, 0.1) is 0 Å². The van der Waals surface area contributed by atoms with Gasteiger partial charge < -0.3 is 9.82 Å². The fourth-order valence-corrected chi connectivity index (χ4v) is 0.700. The largest absolute Gasteiger partial charge is 0.386 e. The predicted octanol–water partition coefficient (Wildman–Crippen LogP) is -0.193. The van der Waals surface area contributed by atoms with Crippen molar-refractivity contribution in [2.75, 3.05) is 0 Å². The second-order valence-corrected chi connectivity index (χ2v) is 1.61. The molecule has 2 heterocycles. The summed E-state index contributed by atoms with van der Waals surface area (Å²) >= 11 is 0. The summed E-state index contributed by atoms with van der Waals surface area (Å²) in [6.45, 7) is 0.731. The van der Waals surface area contributed by atoms with Crippen LogP contribution in [-0.2, 0) is 6.54 Å². The van der Waals surface area contributed by atoms with Gasteiger partial charge in [0.15, 0.2) is 0 Å². The Bertz CT molecular complexity index is 176. The molecule has 4 nitrogen and oxygen atoms in total. The number of fused-ring (bicyclic) bond motifs is 1. The summed E-state index contributed by atoms with van der Waals surface area (Å²) in [5, 5.41) is 0. The van der Waals surface area contributed by atoms with E-state index < -0.39 is 0 Å². The molecular weight excluding hydrogens is 106 g/mol. The predicted molar refractivity (Wildman–Crippen MR) is 26.1 cm³/mol. The number of nitrogens with one attached hydrogen (secondary N) is 2. The number of H-pyrrole nitrogens is 1. The minimum absolute atomic E-state index is 0.671. The smallest absolute Gasteiger partial charge is 0.260 e. The highest BCUT2D eigenvalue weighted by molar-refractivity contribution is 5.19. The Labute approximate surface area is 45.8 Å². The van der Waals surface area contributed by atoms with Gasteiger partial charge in [0, 0.05) is 0 Å². The highest BCUT2D eigenvalue weighted by Crippen LogP contribution is 2.15. The first-order valence-electron chi connectivity index (χ1n) is 2.39. The number of aromatic nitrogens is 2. The molecule has 1 aliphatic heterocycles. The number of hydrogen-bond acceptors (Lipinski definition) is 3. The highest BCUT2D eigenvalue weighted by Gasteiger charge is 2.12. The monoisotopic (exact) mass is 111 g/mol. The van der Waals surface area contributed by atoms with E-state index in [9.17, 15) is 0 Å². The van der Waals surface area contributed by atoms with Gasteiger partial charge in [0.05, 0.1) is 18.6 Å². The number of aromatic amines is 1. The van der Waals surface area contributed by atoms with E-state index in [1.54, 1.807) is 6.33 Å². The number of rotatable bonds is 0. The van der Waals surface area contributed by atoms with Crippen LogP contribution >= 0.6 is 0 Å². The third-order valence-electron chi connectivity index (χ3n) is 1.10. The van der Waals surface area contributed by atoms with E-state index in [4.69, 9.17) is 4.84 Å². The zero-order valence-electron chi connectivity index (χ0n) is 4.14. The summed E-state index contributed by atoms with van der Waals surface area (Å²) in [5.74, 6) is 0.671. The maximum atomic E-state index is 4.85. The molecule has 0 saturated heterocycles. The van der Waals surface area contributed by atoms with Crippen molar-refractivity contribution in [2.45, 2.75) is 6.54 Å². The van der Waals surface area contributed by atoms with Crippen molar-refractivity contribution in [2.24, 2.45) is 0 Å². The van der Waals surface area contributed by atoms with Crippen LogP contribution in [0.3, 0.4) is 0 Å². The van der Waals surface area contributed by atoms with E-state index in [0.717, 1.165) is 12.2 Å². The third-order valence-corrected chi connectivity index (χ3v) is 1.10. The van der Waals surface area contributed by atoms with Crippen molar-refractivity contribution < 1.29 is 4.84 Å². The van der Waals surface area contributed by atoms with Crippen LogP contribution < -0.4 is 10.3 Å². The molecule has 4 heteroatoms. The fraction of sp³-hybridized carbons (Fsp3) is 0.250. The summed E-state index contributed by atoms with van der Waals surface area (Å²) in [5.41, 5.74) is 3.69. The molecule has 0 unspecified atom stereocenters. The van der Waals surface area contributed by atoms with Crippen LogP contribution in [0.4, 0.5) is 0 Å². The minimum Gasteiger partial charge on any atom is -0.386 e. The molecule has 0 atom stereocenters. The molecule has 0 spiro atoms. The first-order valence-corrected chi connectivity index (χ1v) is 2.39. The molecule has 2 N–H and O–H groups in total. The Kier molecular flexibility index (Phi) is 0.599. The highest BCUT2D eigenvalue weighted by atomic mass is 16.7. The second kappa shape index (κ2) is 1.23. The van der Waals surface area contributed by atoms with Crippen LogP contribution in [0.5, 0.6) is 5.88 Å². The third kappa shape index (κ3) is 0.350. The van der Waals surface area contributed by atoms with Crippen molar-refractivity contribution in [1.29, 1.82) is 0 Å². The summed E-state index contributed by atoms with van der Waals surface area (Å²) in [4.78, 5) is 11.6. The summed E-state index contributed by atoms with van der Waals surface area (Å²) < 4.78 is 0. The lowest BCUT2D eigenvalue weighted by molar-refractivity contribution is 0.216. The molecule has 1 aromatic heterocycles. The first kappa shape index (κ1) is 3.91. The van der Waals surface area contributed by atoms with Gasteiger partial charge >= 0.3 is 0 Å². The van der Waals surface area contributed by atoms with E-state index in [1.165, 1.54) is 0 Å². The van der Waals surface area contributed by atoms with Crippen molar-refractivity contribution in [3.8, 4) is 5.88 Å². The maximum absolute atomic E-state index is 4.85. The fourth-order valence-electron chi connectivity index (χ4n) is 0.700. The SMILES string of the molecule is c1nc2c([nH]1)CNO2. The summed E-state index contributed by atoms with van der Waals surface area (Å²) in [6.07, 6.45) is 1.62. The van der Waals surface area contributed by atoms with Gasteiger partial charge in [-0.15, -0.1) is 5.48 Å². The molecule has 42 valence electrons. The van der Waals surface area contributed by atoms with Crippen molar-refractivity contribution in [1.82, 2.24) is 15.4 Å². The molecular formula is C4H5N3O. The average molecular weight is 111 g/mol. The van der Waals surface area contributed by atoms with Gasteiger partial charge in [-0.2, -0.15) is 0 Å². The van der Waals surface area contributed by atoms with Crippen LogP contribution in [-0.4, -0.2) is 9.97 Å². The minimum atomic E-state index is 0.671. The second-order valence-electron chi connectivity index (χ2n) is 1.61. The number of hydrogen-bond donors (Lipinski definition) is 2. The van der Waals surface area contributed by atoms with E-state index in [-0.39, 0.29) is 0 Å². The van der Waals surface area contributed by atoms with Crippen LogP contribution in [0.15, 0.2) is 6.33 Å². The average Bonchev–Trinajstić information content (AvgIpc) is 2.15. The Morgan fingerprint density at radius 2 is 2.75 bits per heavy atom. The van der Waals surface area contributed by atoms with Gasteiger partial charge in [0.2, 0.25) is 0 Å². The Hall–Kier alpha value is -1.03. The van der Waals surface area contributed by atoms with Gasteiger partial charge in [-0.25, -0.2) is 4.98 Å². The van der Waals surface area contributed by atoms with Crippen molar-refractivity contribution in [3.05, 3.63) is 12.0 Å². The molecule has 0 fully saturated rings. The van der Waals surface area contributed by atoms with Crippen molar-refractivity contribution in [3.63, 3.8) is 0 Å². The van der Waals surface area contributed by atoms with E-state index >= 15 is 0 Å². The van der Waals surface area contributed by atoms with Crippen LogP contribution in [0.2, 0.25) is 0 Å². The van der Waals surface area contributed by atoms with E-state index in [0.29, 0.717) is 5.88 Å². The lowest BCUT2D eigenvalue weighted by Crippen LogP contribution is -2.08. The molecule has 1 aliphatic rings. The van der Waals surface area contributed by atoms with E-state index in [2.05, 4.69) is 15.4 Å². The summed E-state index contributed by atoms with van der Waals surface area (Å²) in [7, 11) is 0. The zero-order valence-corrected chi connectivity index (χ0v) is 4.14.